The fourth-order valence-corrected chi connectivity index (χ4v) is 2.25. The van der Waals surface area contributed by atoms with Crippen LogP contribution >= 0.6 is 0 Å². The van der Waals surface area contributed by atoms with Gasteiger partial charge in [-0.1, -0.05) is 18.2 Å². The van der Waals surface area contributed by atoms with Crippen molar-refractivity contribution < 1.29 is 13.2 Å². The number of hydrogen-bond acceptors (Lipinski definition) is 3. The third-order valence-electron chi connectivity index (χ3n) is 3.30. The molecule has 0 aliphatic heterocycles. The number of rotatable bonds is 4. The summed E-state index contributed by atoms with van der Waals surface area (Å²) in [6.07, 6.45) is 1.63. The third-order valence-corrected chi connectivity index (χ3v) is 3.30. The van der Waals surface area contributed by atoms with Crippen molar-refractivity contribution in [1.82, 2.24) is 9.97 Å². The van der Waals surface area contributed by atoms with Crippen LogP contribution in [0.5, 0.6) is 0 Å². The molecule has 0 amide bonds. The molecule has 3 aromatic rings. The summed E-state index contributed by atoms with van der Waals surface area (Å²) in [5.74, 6) is -1.40. The van der Waals surface area contributed by atoms with Crippen LogP contribution in [0.3, 0.4) is 0 Å². The van der Waals surface area contributed by atoms with Crippen LogP contribution in [0.2, 0.25) is 0 Å². The lowest BCUT2D eigenvalue weighted by Crippen LogP contribution is -2.08. The molecule has 22 heavy (non-hydrogen) atoms. The number of anilines is 1. The lowest BCUT2D eigenvalue weighted by atomic mass is 10.1. The fourth-order valence-electron chi connectivity index (χ4n) is 2.25. The van der Waals surface area contributed by atoms with E-state index >= 15 is 0 Å². The largest absolute Gasteiger partial charge is 0.369 e. The zero-order chi connectivity index (χ0) is 15.5. The molecule has 6 heteroatoms. The van der Waals surface area contributed by atoms with E-state index in [-0.39, 0.29) is 16.7 Å². The Bertz CT molecular complexity index is 821. The Balaban J connectivity index is 1.81. The lowest BCUT2D eigenvalue weighted by Gasteiger charge is -2.09. The second-order valence-corrected chi connectivity index (χ2v) is 4.77. The van der Waals surface area contributed by atoms with Gasteiger partial charge in [0, 0.05) is 18.0 Å². The first-order valence-corrected chi connectivity index (χ1v) is 6.72. The summed E-state index contributed by atoms with van der Waals surface area (Å²) in [4.78, 5) is 7.80. The normalized spacial score (nSPS) is 10.9. The predicted octanol–water partition coefficient (Wildman–Crippen LogP) is 3.70. The summed E-state index contributed by atoms with van der Waals surface area (Å²) in [5.41, 5.74) is 0.607. The topological polar surface area (TPSA) is 37.8 Å². The highest BCUT2D eigenvalue weighted by atomic mass is 19.1. The first-order chi connectivity index (χ1) is 10.6. The summed E-state index contributed by atoms with van der Waals surface area (Å²) < 4.78 is 40.5. The number of halogens is 3. The molecule has 2 aromatic carbocycles. The monoisotopic (exact) mass is 303 g/mol. The van der Waals surface area contributed by atoms with Gasteiger partial charge in [-0.25, -0.2) is 23.1 Å². The van der Waals surface area contributed by atoms with Crippen molar-refractivity contribution >= 4 is 16.7 Å². The van der Waals surface area contributed by atoms with Crippen LogP contribution < -0.4 is 5.32 Å². The van der Waals surface area contributed by atoms with Gasteiger partial charge < -0.3 is 5.32 Å². The van der Waals surface area contributed by atoms with Crippen LogP contribution in [0.15, 0.2) is 42.7 Å². The molecule has 112 valence electrons. The van der Waals surface area contributed by atoms with Crippen LogP contribution in [0.4, 0.5) is 19.0 Å². The molecule has 0 radical (unpaired) electrons. The molecule has 0 saturated carbocycles. The van der Waals surface area contributed by atoms with Crippen molar-refractivity contribution in [3.8, 4) is 0 Å². The summed E-state index contributed by atoms with van der Waals surface area (Å²) in [6.45, 7) is 0.380. The van der Waals surface area contributed by atoms with Crippen molar-refractivity contribution in [3.63, 3.8) is 0 Å². The van der Waals surface area contributed by atoms with Crippen molar-refractivity contribution in [1.29, 1.82) is 0 Å². The number of aromatic nitrogens is 2. The van der Waals surface area contributed by atoms with E-state index in [0.717, 1.165) is 6.07 Å². The van der Waals surface area contributed by atoms with E-state index in [9.17, 15) is 13.2 Å². The maximum atomic E-state index is 13.7. The van der Waals surface area contributed by atoms with E-state index < -0.39 is 11.6 Å². The van der Waals surface area contributed by atoms with Crippen molar-refractivity contribution in [3.05, 3.63) is 65.7 Å². The Hall–Kier alpha value is -2.63. The molecule has 3 nitrogen and oxygen atoms in total. The van der Waals surface area contributed by atoms with E-state index in [4.69, 9.17) is 0 Å². The first kappa shape index (κ1) is 14.3. The molecule has 0 fully saturated rings. The van der Waals surface area contributed by atoms with Crippen molar-refractivity contribution in [2.45, 2.75) is 6.42 Å². The SMILES string of the molecule is Fc1cc(F)c2ncnc(NCCc3ccccc3F)c2c1. The van der Waals surface area contributed by atoms with E-state index in [2.05, 4.69) is 15.3 Å². The molecule has 0 aliphatic rings. The minimum atomic E-state index is -0.741. The number of fused-ring (bicyclic) bond motifs is 1. The number of hydrogen-bond donors (Lipinski definition) is 1. The van der Waals surface area contributed by atoms with Crippen LogP contribution in [-0.2, 0) is 6.42 Å². The van der Waals surface area contributed by atoms with Gasteiger partial charge in [-0.15, -0.1) is 0 Å². The van der Waals surface area contributed by atoms with Gasteiger partial charge in [0.25, 0.3) is 0 Å². The van der Waals surface area contributed by atoms with Crippen LogP contribution in [0, 0.1) is 17.5 Å². The Labute approximate surface area is 124 Å². The van der Waals surface area contributed by atoms with E-state index in [0.29, 0.717) is 24.3 Å². The smallest absolute Gasteiger partial charge is 0.152 e. The van der Waals surface area contributed by atoms with E-state index in [1.807, 2.05) is 0 Å². The molecule has 0 unspecified atom stereocenters. The van der Waals surface area contributed by atoms with Gasteiger partial charge in [0.05, 0.1) is 0 Å². The van der Waals surface area contributed by atoms with Crippen LogP contribution in [0.25, 0.3) is 10.9 Å². The van der Waals surface area contributed by atoms with Crippen LogP contribution in [0.1, 0.15) is 5.56 Å². The van der Waals surface area contributed by atoms with Gasteiger partial charge >= 0.3 is 0 Å². The highest BCUT2D eigenvalue weighted by Gasteiger charge is 2.10. The van der Waals surface area contributed by atoms with E-state index in [1.54, 1.807) is 18.2 Å². The molecule has 1 aromatic heterocycles. The Kier molecular flexibility index (Phi) is 3.91. The molecule has 1 heterocycles. The summed E-state index contributed by atoms with van der Waals surface area (Å²) in [6, 6.07) is 8.40. The van der Waals surface area contributed by atoms with Gasteiger partial charge in [0.2, 0.25) is 0 Å². The highest BCUT2D eigenvalue weighted by molar-refractivity contribution is 5.89. The fraction of sp³-hybridized carbons (Fsp3) is 0.125. The van der Waals surface area contributed by atoms with Crippen LogP contribution in [-0.4, -0.2) is 16.5 Å². The van der Waals surface area contributed by atoms with Gasteiger partial charge in [-0.2, -0.15) is 0 Å². The number of benzene rings is 2. The van der Waals surface area contributed by atoms with Crippen molar-refractivity contribution in [2.75, 3.05) is 11.9 Å². The molecule has 0 aliphatic carbocycles. The average molecular weight is 303 g/mol. The molecule has 0 spiro atoms. The van der Waals surface area contributed by atoms with Crippen molar-refractivity contribution in [2.24, 2.45) is 0 Å². The average Bonchev–Trinajstić information content (AvgIpc) is 2.50. The predicted molar refractivity (Wildman–Crippen MR) is 78.0 cm³/mol. The number of nitrogens with zero attached hydrogens (tertiary/aromatic N) is 2. The summed E-state index contributed by atoms with van der Waals surface area (Å²) >= 11 is 0. The quantitative estimate of drug-likeness (QED) is 0.798. The zero-order valence-corrected chi connectivity index (χ0v) is 11.5. The Morgan fingerprint density at radius 3 is 2.59 bits per heavy atom. The minimum absolute atomic E-state index is 0.0461. The Morgan fingerprint density at radius 1 is 0.955 bits per heavy atom. The summed E-state index contributed by atoms with van der Waals surface area (Å²) in [7, 11) is 0. The zero-order valence-electron chi connectivity index (χ0n) is 11.5. The molecular formula is C16H12F3N3. The molecule has 0 saturated heterocycles. The van der Waals surface area contributed by atoms with Gasteiger partial charge in [-0.05, 0) is 24.1 Å². The molecule has 3 rings (SSSR count). The maximum absolute atomic E-state index is 13.7. The van der Waals surface area contributed by atoms with Gasteiger partial charge in [0.15, 0.2) is 5.82 Å². The Morgan fingerprint density at radius 2 is 1.77 bits per heavy atom. The number of nitrogens with one attached hydrogen (secondary N) is 1. The second kappa shape index (κ2) is 6.01. The molecular weight excluding hydrogens is 291 g/mol. The third kappa shape index (κ3) is 2.86. The second-order valence-electron chi connectivity index (χ2n) is 4.77. The molecule has 0 atom stereocenters. The lowest BCUT2D eigenvalue weighted by molar-refractivity contribution is 0.590. The molecule has 0 bridgehead atoms. The summed E-state index contributed by atoms with van der Waals surface area (Å²) in [5, 5.41) is 3.22. The maximum Gasteiger partial charge on any atom is 0.152 e. The molecule has 1 N–H and O–H groups in total. The van der Waals surface area contributed by atoms with Gasteiger partial charge in [-0.3, -0.25) is 0 Å². The highest BCUT2D eigenvalue weighted by Crippen LogP contribution is 2.23. The standard InChI is InChI=1S/C16H12F3N3/c17-11-7-12-15(14(19)8-11)21-9-22-16(12)20-6-5-10-3-1-2-4-13(10)18/h1-4,7-9H,5-6H2,(H,20,21,22). The minimum Gasteiger partial charge on any atom is -0.369 e. The van der Waals surface area contributed by atoms with E-state index in [1.165, 1.54) is 18.5 Å². The van der Waals surface area contributed by atoms with Gasteiger partial charge in [0.1, 0.15) is 29.3 Å². The first-order valence-electron chi connectivity index (χ1n) is 6.72.